The molecule has 0 unspecified atom stereocenters. The largest absolute Gasteiger partial charge is 0.396 e. The summed E-state index contributed by atoms with van der Waals surface area (Å²) in [5.74, 6) is -0.142. The molecule has 0 radical (unpaired) electrons. The van der Waals surface area contributed by atoms with Gasteiger partial charge in [0, 0.05) is 37.5 Å². The Morgan fingerprint density at radius 1 is 1.41 bits per heavy atom. The fourth-order valence-corrected chi connectivity index (χ4v) is 2.41. The van der Waals surface area contributed by atoms with Gasteiger partial charge in [0.05, 0.1) is 0 Å². The Labute approximate surface area is 135 Å². The van der Waals surface area contributed by atoms with E-state index in [0.29, 0.717) is 30.2 Å². The van der Waals surface area contributed by atoms with E-state index in [-0.39, 0.29) is 12.5 Å². The Kier molecular flexibility index (Phi) is 5.57. The van der Waals surface area contributed by atoms with Gasteiger partial charge in [0.1, 0.15) is 0 Å². The van der Waals surface area contributed by atoms with Crippen molar-refractivity contribution in [3.63, 3.8) is 0 Å². The number of hydrogen-bond donors (Lipinski definition) is 1. The van der Waals surface area contributed by atoms with Crippen molar-refractivity contribution in [3.8, 4) is 0 Å². The topological polar surface area (TPSA) is 58.4 Å². The number of aryl methyl sites for hydroxylation is 2. The van der Waals surface area contributed by atoms with Crippen molar-refractivity contribution < 1.29 is 9.90 Å². The van der Waals surface area contributed by atoms with E-state index in [4.69, 9.17) is 16.7 Å². The summed E-state index contributed by atoms with van der Waals surface area (Å²) in [7, 11) is 1.81. The first-order valence-corrected chi connectivity index (χ1v) is 7.54. The molecular weight excluding hydrogens is 302 g/mol. The van der Waals surface area contributed by atoms with Gasteiger partial charge in [0.2, 0.25) is 0 Å². The van der Waals surface area contributed by atoms with Crippen molar-refractivity contribution in [1.82, 2.24) is 14.7 Å². The second-order valence-electron chi connectivity index (χ2n) is 5.23. The van der Waals surface area contributed by atoms with Crippen LogP contribution in [0.2, 0.25) is 5.02 Å². The molecule has 1 N–H and O–H groups in total. The summed E-state index contributed by atoms with van der Waals surface area (Å²) in [4.78, 5) is 14.3. The second kappa shape index (κ2) is 7.42. The second-order valence-corrected chi connectivity index (χ2v) is 5.66. The highest BCUT2D eigenvalue weighted by atomic mass is 35.5. The fourth-order valence-electron chi connectivity index (χ4n) is 2.20. The zero-order valence-electron chi connectivity index (χ0n) is 12.8. The Bertz CT molecular complexity index is 635. The molecule has 2 aromatic rings. The van der Waals surface area contributed by atoms with E-state index in [0.717, 1.165) is 11.3 Å². The van der Waals surface area contributed by atoms with Crippen LogP contribution in [0.4, 0.5) is 0 Å². The summed E-state index contributed by atoms with van der Waals surface area (Å²) in [5, 5.41) is 13.9. The predicted molar refractivity (Wildman–Crippen MR) is 85.8 cm³/mol. The normalized spacial score (nSPS) is 10.7. The fraction of sp³-hybridized carbons (Fsp3) is 0.375. The van der Waals surface area contributed by atoms with Crippen LogP contribution in [0.5, 0.6) is 0 Å². The molecule has 22 heavy (non-hydrogen) atoms. The number of carbonyl (C=O) groups is 1. The Balaban J connectivity index is 2.19. The molecule has 0 atom stereocenters. The lowest BCUT2D eigenvalue weighted by Crippen LogP contribution is -2.32. The first kappa shape index (κ1) is 16.5. The summed E-state index contributed by atoms with van der Waals surface area (Å²) in [6.07, 6.45) is 0.526. The van der Waals surface area contributed by atoms with Crippen LogP contribution in [0.1, 0.15) is 28.2 Å². The molecular formula is C16H20ClN3O2. The number of amides is 1. The van der Waals surface area contributed by atoms with E-state index in [9.17, 15) is 4.79 Å². The Morgan fingerprint density at radius 3 is 2.77 bits per heavy atom. The van der Waals surface area contributed by atoms with E-state index >= 15 is 0 Å². The van der Waals surface area contributed by atoms with E-state index in [2.05, 4.69) is 5.10 Å². The molecule has 0 spiro atoms. The summed E-state index contributed by atoms with van der Waals surface area (Å²) in [5.41, 5.74) is 2.29. The van der Waals surface area contributed by atoms with Gasteiger partial charge in [0.25, 0.3) is 5.91 Å². The van der Waals surface area contributed by atoms with Crippen molar-refractivity contribution in [2.24, 2.45) is 7.05 Å². The highest BCUT2D eigenvalue weighted by Gasteiger charge is 2.19. The molecule has 0 aliphatic carbocycles. The summed E-state index contributed by atoms with van der Waals surface area (Å²) in [6.45, 7) is 2.85. The van der Waals surface area contributed by atoms with E-state index < -0.39 is 0 Å². The van der Waals surface area contributed by atoms with Crippen LogP contribution >= 0.6 is 11.6 Å². The van der Waals surface area contributed by atoms with E-state index in [1.165, 1.54) is 0 Å². The molecule has 2 rings (SSSR count). The zero-order chi connectivity index (χ0) is 16.1. The van der Waals surface area contributed by atoms with Gasteiger partial charge in [-0.15, -0.1) is 0 Å². The van der Waals surface area contributed by atoms with Gasteiger partial charge in [-0.1, -0.05) is 23.7 Å². The average Bonchev–Trinajstić information content (AvgIpc) is 2.82. The van der Waals surface area contributed by atoms with E-state index in [1.54, 1.807) is 28.8 Å². The van der Waals surface area contributed by atoms with E-state index in [1.807, 2.05) is 25.1 Å². The molecule has 0 saturated heterocycles. The van der Waals surface area contributed by atoms with Gasteiger partial charge in [-0.05, 0) is 37.1 Å². The molecule has 0 saturated carbocycles. The molecule has 1 amide bonds. The van der Waals surface area contributed by atoms with Gasteiger partial charge < -0.3 is 10.0 Å². The number of hydrogen-bond acceptors (Lipinski definition) is 3. The lowest BCUT2D eigenvalue weighted by molar-refractivity contribution is 0.0725. The molecule has 0 aliphatic heterocycles. The van der Waals surface area contributed by atoms with Crippen molar-refractivity contribution in [1.29, 1.82) is 0 Å². The van der Waals surface area contributed by atoms with Gasteiger partial charge in [0.15, 0.2) is 5.69 Å². The Hall–Kier alpha value is -1.85. The van der Waals surface area contributed by atoms with Gasteiger partial charge in [-0.25, -0.2) is 0 Å². The monoisotopic (exact) mass is 321 g/mol. The maximum Gasteiger partial charge on any atom is 0.274 e. The first-order chi connectivity index (χ1) is 10.5. The smallest absolute Gasteiger partial charge is 0.274 e. The lowest BCUT2D eigenvalue weighted by atomic mass is 10.2. The zero-order valence-corrected chi connectivity index (χ0v) is 13.5. The number of aliphatic hydroxyl groups is 1. The van der Waals surface area contributed by atoms with Gasteiger partial charge in [-0.2, -0.15) is 5.10 Å². The SMILES string of the molecule is Cc1cc(C(=O)N(CCCO)Cc2cccc(Cl)c2)nn1C. The number of halogens is 1. The number of rotatable bonds is 6. The molecule has 0 bridgehead atoms. The minimum Gasteiger partial charge on any atom is -0.396 e. The quantitative estimate of drug-likeness (QED) is 0.889. The molecule has 118 valence electrons. The number of benzene rings is 1. The van der Waals surface area contributed by atoms with Crippen LogP contribution in [0.3, 0.4) is 0 Å². The van der Waals surface area contributed by atoms with Crippen molar-refractivity contribution in [2.75, 3.05) is 13.2 Å². The van der Waals surface area contributed by atoms with Crippen molar-refractivity contribution >= 4 is 17.5 Å². The van der Waals surface area contributed by atoms with Gasteiger partial charge in [-0.3, -0.25) is 9.48 Å². The number of aliphatic hydroxyl groups excluding tert-OH is 1. The summed E-state index contributed by atoms with van der Waals surface area (Å²) < 4.78 is 1.68. The molecule has 6 heteroatoms. The molecule has 0 fully saturated rings. The summed E-state index contributed by atoms with van der Waals surface area (Å²) >= 11 is 5.99. The van der Waals surface area contributed by atoms with Crippen LogP contribution < -0.4 is 0 Å². The van der Waals surface area contributed by atoms with Crippen LogP contribution in [-0.4, -0.2) is 38.8 Å². The Morgan fingerprint density at radius 2 is 2.18 bits per heavy atom. The molecule has 1 aromatic heterocycles. The molecule has 0 aliphatic rings. The molecule has 1 aromatic carbocycles. The van der Waals surface area contributed by atoms with Crippen LogP contribution in [0.25, 0.3) is 0 Å². The molecule has 1 heterocycles. The number of carbonyl (C=O) groups excluding carboxylic acids is 1. The summed E-state index contributed by atoms with van der Waals surface area (Å²) in [6, 6.07) is 9.19. The third-order valence-electron chi connectivity index (χ3n) is 3.47. The standard InChI is InChI=1S/C16H20ClN3O2/c1-12-9-15(18-19(12)2)16(22)20(7-4-8-21)11-13-5-3-6-14(17)10-13/h3,5-6,9-10,21H,4,7-8,11H2,1-2H3. The minimum absolute atomic E-state index is 0.0422. The van der Waals surface area contributed by atoms with Crippen LogP contribution in [-0.2, 0) is 13.6 Å². The highest BCUT2D eigenvalue weighted by Crippen LogP contribution is 2.15. The lowest BCUT2D eigenvalue weighted by Gasteiger charge is -2.21. The number of aromatic nitrogens is 2. The maximum atomic E-state index is 12.6. The average molecular weight is 322 g/mol. The molecule has 5 nitrogen and oxygen atoms in total. The maximum absolute atomic E-state index is 12.6. The first-order valence-electron chi connectivity index (χ1n) is 7.16. The number of nitrogens with zero attached hydrogens (tertiary/aromatic N) is 3. The van der Waals surface area contributed by atoms with Crippen LogP contribution in [0, 0.1) is 6.92 Å². The highest BCUT2D eigenvalue weighted by molar-refractivity contribution is 6.30. The van der Waals surface area contributed by atoms with Crippen molar-refractivity contribution in [3.05, 3.63) is 52.3 Å². The predicted octanol–water partition coefficient (Wildman–Crippen LogP) is 2.41. The van der Waals surface area contributed by atoms with Gasteiger partial charge >= 0.3 is 0 Å². The van der Waals surface area contributed by atoms with Crippen LogP contribution in [0.15, 0.2) is 30.3 Å². The minimum atomic E-state index is -0.142. The third-order valence-corrected chi connectivity index (χ3v) is 3.70. The third kappa shape index (κ3) is 4.08. The van der Waals surface area contributed by atoms with Crippen molar-refractivity contribution in [2.45, 2.75) is 19.9 Å².